The van der Waals surface area contributed by atoms with E-state index in [1.54, 1.807) is 24.3 Å². The smallest absolute Gasteiger partial charge is 0.336 e. The van der Waals surface area contributed by atoms with Crippen molar-refractivity contribution in [2.75, 3.05) is 12.4 Å². The summed E-state index contributed by atoms with van der Waals surface area (Å²) >= 11 is 6.33. The van der Waals surface area contributed by atoms with Crippen molar-refractivity contribution in [2.45, 2.75) is 39.2 Å². The number of esters is 1. The number of amides is 1. The molecule has 2 N–H and O–H groups in total. The van der Waals surface area contributed by atoms with Gasteiger partial charge in [0, 0.05) is 30.8 Å². The van der Waals surface area contributed by atoms with Crippen LogP contribution in [0.2, 0.25) is 5.15 Å². The van der Waals surface area contributed by atoms with E-state index in [-0.39, 0.29) is 22.7 Å². The zero-order valence-electron chi connectivity index (χ0n) is 20.2. The maximum atomic E-state index is 12.7. The molecule has 0 aliphatic carbocycles. The van der Waals surface area contributed by atoms with Crippen molar-refractivity contribution >= 4 is 40.8 Å². The Morgan fingerprint density at radius 1 is 1.16 bits per heavy atom. The Labute approximate surface area is 217 Å². The molecule has 2 aromatic carbocycles. The number of carbonyl (C=O) groups is 3. The van der Waals surface area contributed by atoms with E-state index in [1.165, 1.54) is 7.11 Å². The van der Waals surface area contributed by atoms with Crippen LogP contribution in [0.15, 0.2) is 42.5 Å². The molecule has 0 unspecified atom stereocenters. The molecule has 0 bridgehead atoms. The third-order valence-corrected chi connectivity index (χ3v) is 5.94. The topological polar surface area (TPSA) is 154 Å². The number of aromatic carboxylic acids is 1. The van der Waals surface area contributed by atoms with Gasteiger partial charge in [0.2, 0.25) is 0 Å². The summed E-state index contributed by atoms with van der Waals surface area (Å²) in [6, 6.07) is 9.72. The highest BCUT2D eigenvalue weighted by Gasteiger charge is 2.21. The summed E-state index contributed by atoms with van der Waals surface area (Å²) in [4.78, 5) is 50.9. The van der Waals surface area contributed by atoms with Crippen LogP contribution in [0.4, 0.5) is 11.4 Å². The Morgan fingerprint density at radius 3 is 2.46 bits per heavy atom. The molecular weight excluding hydrogens is 504 g/mol. The van der Waals surface area contributed by atoms with Crippen LogP contribution in [0.5, 0.6) is 0 Å². The Morgan fingerprint density at radius 2 is 1.86 bits per heavy atom. The number of benzene rings is 2. The van der Waals surface area contributed by atoms with Gasteiger partial charge >= 0.3 is 11.9 Å². The first-order valence-corrected chi connectivity index (χ1v) is 11.7. The average Bonchev–Trinajstić information content (AvgIpc) is 3.16. The van der Waals surface area contributed by atoms with Crippen molar-refractivity contribution in [2.24, 2.45) is 0 Å². The molecule has 1 aromatic heterocycles. The average molecular weight is 529 g/mol. The van der Waals surface area contributed by atoms with Crippen LogP contribution in [0.25, 0.3) is 0 Å². The molecule has 1 amide bonds. The third-order valence-electron chi connectivity index (χ3n) is 5.64. The van der Waals surface area contributed by atoms with Gasteiger partial charge in [-0.3, -0.25) is 19.7 Å². The van der Waals surface area contributed by atoms with Crippen LogP contribution in [0.1, 0.15) is 57.6 Å². The first-order valence-electron chi connectivity index (χ1n) is 11.4. The number of carboxylic acids is 1. The number of halogens is 1. The number of nitro benzene ring substituents is 1. The number of unbranched alkanes of at least 4 members (excludes halogenated alkanes) is 1. The second-order valence-electron chi connectivity index (χ2n) is 8.15. The fraction of sp³-hybridized carbons (Fsp3) is 0.280. The molecule has 1 heterocycles. The number of rotatable bonds is 11. The fourth-order valence-corrected chi connectivity index (χ4v) is 3.96. The lowest BCUT2D eigenvalue weighted by Gasteiger charge is -2.13. The lowest BCUT2D eigenvalue weighted by molar-refractivity contribution is -0.384. The van der Waals surface area contributed by atoms with Gasteiger partial charge in [0.1, 0.15) is 5.82 Å². The number of ether oxygens (including phenoxy) is 1. The highest BCUT2D eigenvalue weighted by atomic mass is 35.5. The predicted molar refractivity (Wildman–Crippen MR) is 135 cm³/mol. The maximum absolute atomic E-state index is 12.7. The van der Waals surface area contributed by atoms with Crippen LogP contribution in [-0.2, 0) is 28.9 Å². The van der Waals surface area contributed by atoms with E-state index in [9.17, 15) is 29.6 Å². The normalized spacial score (nSPS) is 10.7. The van der Waals surface area contributed by atoms with Crippen molar-refractivity contribution in [3.05, 3.63) is 85.9 Å². The van der Waals surface area contributed by atoms with Gasteiger partial charge in [0.25, 0.3) is 11.6 Å². The molecule has 0 aliphatic heterocycles. The number of anilines is 1. The van der Waals surface area contributed by atoms with Crippen LogP contribution in [-0.4, -0.2) is 44.5 Å². The van der Waals surface area contributed by atoms with Gasteiger partial charge in [0.05, 0.1) is 35.3 Å². The van der Waals surface area contributed by atoms with E-state index in [1.807, 2.05) is 4.57 Å². The Kier molecular flexibility index (Phi) is 8.96. The van der Waals surface area contributed by atoms with Gasteiger partial charge in [-0.1, -0.05) is 37.1 Å². The number of carboxylic acid groups (broad SMARTS) is 1. The van der Waals surface area contributed by atoms with Gasteiger partial charge in [-0.2, -0.15) is 0 Å². The molecule has 0 saturated heterocycles. The van der Waals surface area contributed by atoms with Gasteiger partial charge in [-0.05, 0) is 30.2 Å². The lowest BCUT2D eigenvalue weighted by atomic mass is 10.1. The number of nitrogens with zero attached hydrogens (tertiary/aromatic N) is 3. The molecule has 0 atom stereocenters. The molecule has 194 valence electrons. The minimum atomic E-state index is -1.38. The highest BCUT2D eigenvalue weighted by Crippen LogP contribution is 2.23. The zero-order chi connectivity index (χ0) is 27.1. The van der Waals surface area contributed by atoms with Gasteiger partial charge in [-0.25, -0.2) is 9.78 Å². The number of aromatic nitrogens is 2. The molecule has 0 saturated carbocycles. The molecular formula is C25H25ClN4O7. The third kappa shape index (κ3) is 6.70. The summed E-state index contributed by atoms with van der Waals surface area (Å²) in [5.41, 5.74) is 0.662. The van der Waals surface area contributed by atoms with Crippen molar-refractivity contribution in [1.29, 1.82) is 0 Å². The number of methoxy groups -OCH3 is 1. The highest BCUT2D eigenvalue weighted by molar-refractivity contribution is 6.30. The van der Waals surface area contributed by atoms with E-state index >= 15 is 0 Å². The number of nitrogens with one attached hydrogen (secondary N) is 1. The summed E-state index contributed by atoms with van der Waals surface area (Å²) in [6.45, 7) is 2.43. The zero-order valence-corrected chi connectivity index (χ0v) is 20.9. The van der Waals surface area contributed by atoms with E-state index in [0.717, 1.165) is 42.4 Å². The Balaban J connectivity index is 1.83. The lowest BCUT2D eigenvalue weighted by Crippen LogP contribution is -2.17. The SMILES string of the molecule is CCCCc1nc(Cl)c(CC(=O)OC)n1Cc1ccc(NC(=O)c2cc([N+](=O)[O-])ccc2C(=O)O)cc1. The molecule has 3 aromatic rings. The van der Waals surface area contributed by atoms with Gasteiger partial charge < -0.3 is 19.7 Å². The van der Waals surface area contributed by atoms with Crippen molar-refractivity contribution < 1.29 is 29.2 Å². The molecule has 11 nitrogen and oxygen atoms in total. The second kappa shape index (κ2) is 12.1. The summed E-state index contributed by atoms with van der Waals surface area (Å²) in [5.74, 6) is -1.87. The molecule has 0 radical (unpaired) electrons. The summed E-state index contributed by atoms with van der Waals surface area (Å²) < 4.78 is 6.66. The van der Waals surface area contributed by atoms with Gasteiger partial charge in [0.15, 0.2) is 5.15 Å². The number of nitro groups is 1. The number of hydrogen-bond donors (Lipinski definition) is 2. The number of non-ortho nitro benzene ring substituents is 1. The molecule has 0 aliphatic rings. The summed E-state index contributed by atoms with van der Waals surface area (Å²) in [7, 11) is 1.30. The summed E-state index contributed by atoms with van der Waals surface area (Å²) in [6.07, 6.45) is 2.50. The van der Waals surface area contributed by atoms with Crippen molar-refractivity contribution in [1.82, 2.24) is 9.55 Å². The van der Waals surface area contributed by atoms with E-state index in [2.05, 4.69) is 17.2 Å². The minimum Gasteiger partial charge on any atom is -0.478 e. The van der Waals surface area contributed by atoms with Crippen LogP contribution >= 0.6 is 11.6 Å². The standard InChI is InChI=1S/C25H25ClN4O7/c1-3-4-5-21-28-23(26)20(13-22(31)37-2)29(21)14-15-6-8-16(9-7-15)27-24(32)19-12-17(30(35)36)10-11-18(19)25(33)34/h6-12H,3-5,13-14H2,1-2H3,(H,27,32)(H,33,34). The first kappa shape index (κ1) is 27.3. The summed E-state index contributed by atoms with van der Waals surface area (Å²) in [5, 5.41) is 23.2. The van der Waals surface area contributed by atoms with E-state index in [4.69, 9.17) is 16.3 Å². The number of hydrogen-bond acceptors (Lipinski definition) is 7. The minimum absolute atomic E-state index is 0.0300. The molecule has 37 heavy (non-hydrogen) atoms. The fourth-order valence-electron chi connectivity index (χ4n) is 3.69. The number of imidazole rings is 1. The van der Waals surface area contributed by atoms with Crippen LogP contribution in [0.3, 0.4) is 0 Å². The first-order chi connectivity index (χ1) is 17.6. The monoisotopic (exact) mass is 528 g/mol. The largest absolute Gasteiger partial charge is 0.478 e. The van der Waals surface area contributed by atoms with E-state index < -0.39 is 28.5 Å². The Bertz CT molecular complexity index is 1340. The predicted octanol–water partition coefficient (Wildman–Crippen LogP) is 4.50. The molecule has 12 heteroatoms. The molecule has 0 fully saturated rings. The molecule has 3 rings (SSSR count). The van der Waals surface area contributed by atoms with Crippen LogP contribution in [0, 0.1) is 10.1 Å². The number of carbonyl (C=O) groups excluding carboxylic acids is 2. The van der Waals surface area contributed by atoms with Crippen LogP contribution < -0.4 is 5.32 Å². The molecule has 0 spiro atoms. The van der Waals surface area contributed by atoms with Crippen molar-refractivity contribution in [3.8, 4) is 0 Å². The Hall–Kier alpha value is -4.25. The quantitative estimate of drug-likeness (QED) is 0.209. The van der Waals surface area contributed by atoms with Crippen molar-refractivity contribution in [3.63, 3.8) is 0 Å². The number of aryl methyl sites for hydroxylation is 1. The maximum Gasteiger partial charge on any atom is 0.336 e. The van der Waals surface area contributed by atoms with E-state index in [0.29, 0.717) is 24.3 Å². The van der Waals surface area contributed by atoms with Gasteiger partial charge in [-0.15, -0.1) is 0 Å². The second-order valence-corrected chi connectivity index (χ2v) is 8.51.